The maximum absolute atomic E-state index is 11.8. The van der Waals surface area contributed by atoms with Crippen LogP contribution in [0.5, 0.6) is 0 Å². The van der Waals surface area contributed by atoms with Crippen molar-refractivity contribution in [1.82, 2.24) is 9.78 Å². The lowest BCUT2D eigenvalue weighted by molar-refractivity contribution is 0.151. The number of rotatable bonds is 3. The Bertz CT molecular complexity index is 661. The molecule has 102 valence electrons. The summed E-state index contributed by atoms with van der Waals surface area (Å²) in [4.78, 5) is 12.2. The van der Waals surface area contributed by atoms with E-state index in [1.807, 2.05) is 35.7 Å². The summed E-state index contributed by atoms with van der Waals surface area (Å²) in [6.45, 7) is 1.92. The number of hydrogen-bond acceptors (Lipinski definition) is 6. The fourth-order valence-electron chi connectivity index (χ4n) is 1.67. The molecule has 0 aliphatic heterocycles. The highest BCUT2D eigenvalue weighted by molar-refractivity contribution is 8.04. The van der Waals surface area contributed by atoms with E-state index in [1.54, 1.807) is 6.92 Å². The smallest absolute Gasteiger partial charge is 0.436 e. The average Bonchev–Trinajstić information content (AvgIpc) is 2.78. The Morgan fingerprint density at radius 1 is 1.50 bits per heavy atom. The second-order valence-corrected chi connectivity index (χ2v) is 4.53. The van der Waals surface area contributed by atoms with E-state index in [-0.39, 0.29) is 12.4 Å². The van der Waals surface area contributed by atoms with Crippen molar-refractivity contribution in [3.63, 3.8) is 0 Å². The van der Waals surface area contributed by atoms with Crippen LogP contribution in [0.3, 0.4) is 0 Å². The van der Waals surface area contributed by atoms with Gasteiger partial charge in [-0.05, 0) is 18.7 Å². The van der Waals surface area contributed by atoms with Crippen molar-refractivity contribution >= 4 is 23.7 Å². The van der Waals surface area contributed by atoms with Crippen LogP contribution >= 0.6 is 11.8 Å². The van der Waals surface area contributed by atoms with Gasteiger partial charge in [0.05, 0.1) is 11.5 Å². The summed E-state index contributed by atoms with van der Waals surface area (Å²) in [6.07, 6.45) is -0.660. The Kier molecular flexibility index (Phi) is 4.27. The number of thiocyanates is 1. The van der Waals surface area contributed by atoms with Crippen molar-refractivity contribution in [2.24, 2.45) is 0 Å². The van der Waals surface area contributed by atoms with Crippen LogP contribution in [0.4, 0.5) is 10.6 Å². The van der Waals surface area contributed by atoms with Gasteiger partial charge in [-0.1, -0.05) is 30.3 Å². The van der Waals surface area contributed by atoms with Gasteiger partial charge in [-0.3, -0.25) is 0 Å². The third kappa shape index (κ3) is 2.60. The lowest BCUT2D eigenvalue weighted by Crippen LogP contribution is -2.17. The standard InChI is InChI=1S/C13H12N4O2S/c1-2-19-13(18)17-12(15)11(20-8-14)10(16-17)9-6-4-3-5-7-9/h3-7H,2,15H2,1H3. The van der Waals surface area contributed by atoms with Gasteiger partial charge in [0, 0.05) is 5.56 Å². The van der Waals surface area contributed by atoms with Crippen LogP contribution < -0.4 is 5.73 Å². The first-order valence-corrected chi connectivity index (χ1v) is 6.67. The predicted molar refractivity (Wildman–Crippen MR) is 76.0 cm³/mol. The van der Waals surface area contributed by atoms with Crippen molar-refractivity contribution in [3.8, 4) is 16.7 Å². The Labute approximate surface area is 120 Å². The molecule has 0 fully saturated rings. The minimum atomic E-state index is -0.660. The van der Waals surface area contributed by atoms with Crippen LogP contribution in [0.15, 0.2) is 35.2 Å². The molecule has 2 rings (SSSR count). The second-order valence-electron chi connectivity index (χ2n) is 3.73. The van der Waals surface area contributed by atoms with E-state index in [0.717, 1.165) is 22.0 Å². The molecule has 0 unspecified atom stereocenters. The van der Waals surface area contributed by atoms with Gasteiger partial charge in [0.2, 0.25) is 0 Å². The molecule has 0 saturated heterocycles. The zero-order chi connectivity index (χ0) is 14.5. The number of aromatic nitrogens is 2. The average molecular weight is 288 g/mol. The lowest BCUT2D eigenvalue weighted by Gasteiger charge is -2.01. The third-order valence-electron chi connectivity index (χ3n) is 2.51. The molecule has 0 saturated carbocycles. The number of nitriles is 1. The van der Waals surface area contributed by atoms with Gasteiger partial charge in [0.25, 0.3) is 0 Å². The zero-order valence-corrected chi connectivity index (χ0v) is 11.6. The van der Waals surface area contributed by atoms with Crippen molar-refractivity contribution in [3.05, 3.63) is 30.3 Å². The molecule has 6 nitrogen and oxygen atoms in total. The summed E-state index contributed by atoms with van der Waals surface area (Å²) in [6, 6.07) is 9.22. The molecule has 0 spiro atoms. The normalized spacial score (nSPS) is 10.0. The molecular weight excluding hydrogens is 276 g/mol. The fourth-order valence-corrected chi connectivity index (χ4v) is 2.21. The van der Waals surface area contributed by atoms with Crippen molar-refractivity contribution in [2.45, 2.75) is 11.8 Å². The quantitative estimate of drug-likeness (QED) is 0.689. The lowest BCUT2D eigenvalue weighted by atomic mass is 10.1. The molecule has 1 heterocycles. The molecule has 2 aromatic rings. The summed E-state index contributed by atoms with van der Waals surface area (Å²) in [5.41, 5.74) is 7.15. The van der Waals surface area contributed by atoms with Gasteiger partial charge in [0.1, 0.15) is 16.9 Å². The summed E-state index contributed by atoms with van der Waals surface area (Å²) in [7, 11) is 0. The number of anilines is 1. The number of nitrogens with zero attached hydrogens (tertiary/aromatic N) is 3. The van der Waals surface area contributed by atoms with E-state index in [4.69, 9.17) is 15.7 Å². The van der Waals surface area contributed by atoms with E-state index in [0.29, 0.717) is 10.6 Å². The van der Waals surface area contributed by atoms with E-state index >= 15 is 0 Å². The summed E-state index contributed by atoms with van der Waals surface area (Å²) in [5, 5.41) is 15.0. The monoisotopic (exact) mass is 288 g/mol. The number of thioether (sulfide) groups is 1. The molecule has 7 heteroatoms. The Morgan fingerprint density at radius 3 is 2.80 bits per heavy atom. The van der Waals surface area contributed by atoms with Gasteiger partial charge >= 0.3 is 6.09 Å². The molecule has 0 amide bonds. The van der Waals surface area contributed by atoms with Gasteiger partial charge in [-0.15, -0.1) is 4.68 Å². The van der Waals surface area contributed by atoms with Gasteiger partial charge < -0.3 is 10.5 Å². The first-order valence-electron chi connectivity index (χ1n) is 5.86. The summed E-state index contributed by atoms with van der Waals surface area (Å²) >= 11 is 0.869. The highest BCUT2D eigenvalue weighted by atomic mass is 32.2. The number of hydrogen-bond donors (Lipinski definition) is 1. The maximum atomic E-state index is 11.8. The molecule has 0 radical (unpaired) electrons. The van der Waals surface area contributed by atoms with Crippen molar-refractivity contribution in [1.29, 1.82) is 5.26 Å². The van der Waals surface area contributed by atoms with Gasteiger partial charge in [-0.25, -0.2) is 4.79 Å². The molecule has 0 aliphatic carbocycles. The van der Waals surface area contributed by atoms with Crippen LogP contribution in [-0.4, -0.2) is 22.5 Å². The van der Waals surface area contributed by atoms with E-state index in [2.05, 4.69) is 5.10 Å². The molecule has 20 heavy (non-hydrogen) atoms. The minimum absolute atomic E-state index is 0.105. The Morgan fingerprint density at radius 2 is 2.20 bits per heavy atom. The van der Waals surface area contributed by atoms with Crippen molar-refractivity contribution in [2.75, 3.05) is 12.3 Å². The van der Waals surface area contributed by atoms with E-state index < -0.39 is 6.09 Å². The maximum Gasteiger partial charge on any atom is 0.436 e. The summed E-state index contributed by atoms with van der Waals surface area (Å²) < 4.78 is 5.86. The second kappa shape index (κ2) is 6.12. The van der Waals surface area contributed by atoms with Crippen molar-refractivity contribution < 1.29 is 9.53 Å². The van der Waals surface area contributed by atoms with Gasteiger partial charge in [-0.2, -0.15) is 10.4 Å². The number of carbonyl (C=O) groups is 1. The third-order valence-corrected chi connectivity index (χ3v) is 3.21. The van der Waals surface area contributed by atoms with E-state index in [9.17, 15) is 4.79 Å². The molecule has 0 atom stereocenters. The topological polar surface area (TPSA) is 93.9 Å². The van der Waals surface area contributed by atoms with Gasteiger partial charge in [0.15, 0.2) is 0 Å². The largest absolute Gasteiger partial charge is 0.448 e. The van der Waals surface area contributed by atoms with Crippen LogP contribution in [0.2, 0.25) is 0 Å². The number of carbonyl (C=O) groups excluding carboxylic acids is 1. The van der Waals surface area contributed by atoms with Crippen LogP contribution in [0, 0.1) is 10.7 Å². The summed E-state index contributed by atoms with van der Waals surface area (Å²) in [5.74, 6) is 0.105. The number of nitrogen functional groups attached to an aromatic ring is 1. The van der Waals surface area contributed by atoms with E-state index in [1.165, 1.54) is 0 Å². The molecule has 0 bridgehead atoms. The first kappa shape index (κ1) is 14.0. The molecule has 1 aromatic carbocycles. The highest BCUT2D eigenvalue weighted by Gasteiger charge is 2.22. The molecular formula is C13H12N4O2S. The number of benzene rings is 1. The van der Waals surface area contributed by atoms with Crippen LogP contribution in [0.25, 0.3) is 11.3 Å². The Hall–Kier alpha value is -2.46. The highest BCUT2D eigenvalue weighted by Crippen LogP contribution is 2.35. The zero-order valence-electron chi connectivity index (χ0n) is 10.7. The molecule has 0 aliphatic rings. The fraction of sp³-hybridized carbons (Fsp3) is 0.154. The molecule has 2 N–H and O–H groups in total. The van der Waals surface area contributed by atoms with Crippen LogP contribution in [0.1, 0.15) is 6.92 Å². The Balaban J connectivity index is 2.54. The minimum Gasteiger partial charge on any atom is -0.448 e. The van der Waals surface area contributed by atoms with Crippen LogP contribution in [-0.2, 0) is 4.74 Å². The SMILES string of the molecule is CCOC(=O)n1nc(-c2ccccc2)c(SC#N)c1N. The molecule has 1 aromatic heterocycles. The number of nitrogens with two attached hydrogens (primary N) is 1. The first-order chi connectivity index (χ1) is 9.69. The predicted octanol–water partition coefficient (Wildman–Crippen LogP) is 2.71. The number of ether oxygens (including phenoxy) is 1.